The van der Waals surface area contributed by atoms with Gasteiger partial charge in [-0.25, -0.2) is 22.8 Å². The third-order valence-corrected chi connectivity index (χ3v) is 10.7. The molecule has 0 unspecified atom stereocenters. The van der Waals surface area contributed by atoms with Gasteiger partial charge in [-0.2, -0.15) is 4.98 Å². The van der Waals surface area contributed by atoms with E-state index in [1.54, 1.807) is 12.3 Å². The van der Waals surface area contributed by atoms with Gasteiger partial charge in [0.25, 0.3) is 0 Å². The van der Waals surface area contributed by atoms with E-state index in [1.165, 1.54) is 12.3 Å². The standard InChI is InChI=1S/C36H48FN7O4S/c1-7-34(45)44-13-8-9-29(44)26-15-30(43-18-24(19-43)21-49(6,46)47)27-17-39-33(16-25(27)35(26)22(2)3)40-32-10-12-38-36(41-32)42-14-11-31(28(37)20-42)48-23(4)5/h7,10,12,15-17,22-24,28-29,31H,1,8-9,11,13-14,18-21H2,2-6H3,(H,38,39,40,41)/t28-,29+,31+/m0/s1. The van der Waals surface area contributed by atoms with Crippen LogP contribution in [0.3, 0.4) is 0 Å². The van der Waals surface area contributed by atoms with Gasteiger partial charge in [0.15, 0.2) is 0 Å². The first-order chi connectivity index (χ1) is 23.3. The smallest absolute Gasteiger partial charge is 0.246 e. The van der Waals surface area contributed by atoms with E-state index in [-0.39, 0.29) is 42.2 Å². The lowest BCUT2D eigenvalue weighted by molar-refractivity contribution is -0.126. The highest BCUT2D eigenvalue weighted by Gasteiger charge is 2.36. The summed E-state index contributed by atoms with van der Waals surface area (Å²) in [5.41, 5.74) is 3.24. The largest absolute Gasteiger partial charge is 0.372 e. The van der Waals surface area contributed by atoms with Crippen molar-refractivity contribution in [1.82, 2.24) is 19.9 Å². The number of benzene rings is 1. The van der Waals surface area contributed by atoms with Gasteiger partial charge in [-0.05, 0) is 79.8 Å². The fourth-order valence-corrected chi connectivity index (χ4v) is 8.70. The third-order valence-electron chi connectivity index (χ3n) is 9.67. The number of pyridine rings is 1. The van der Waals surface area contributed by atoms with Crippen LogP contribution in [-0.2, 0) is 19.4 Å². The summed E-state index contributed by atoms with van der Waals surface area (Å²) in [7, 11) is -3.09. The highest BCUT2D eigenvalue weighted by molar-refractivity contribution is 7.90. The summed E-state index contributed by atoms with van der Waals surface area (Å²) in [6.07, 6.45) is 6.90. The fourth-order valence-electron chi connectivity index (χ4n) is 7.63. The van der Waals surface area contributed by atoms with Crippen LogP contribution in [0.15, 0.2) is 43.2 Å². The molecular weight excluding hydrogens is 646 g/mol. The summed E-state index contributed by atoms with van der Waals surface area (Å²) in [6.45, 7) is 14.6. The van der Waals surface area contributed by atoms with E-state index in [9.17, 15) is 17.6 Å². The van der Waals surface area contributed by atoms with Crippen LogP contribution in [0.2, 0.25) is 0 Å². The van der Waals surface area contributed by atoms with Crippen molar-refractivity contribution in [3.05, 3.63) is 54.4 Å². The van der Waals surface area contributed by atoms with Crippen molar-refractivity contribution in [2.45, 2.75) is 77.3 Å². The van der Waals surface area contributed by atoms with Crippen molar-refractivity contribution in [2.75, 3.05) is 59.8 Å². The van der Waals surface area contributed by atoms with Crippen molar-refractivity contribution in [2.24, 2.45) is 5.92 Å². The zero-order valence-electron chi connectivity index (χ0n) is 29.1. The second kappa shape index (κ2) is 14.2. The van der Waals surface area contributed by atoms with E-state index in [0.717, 1.165) is 40.4 Å². The van der Waals surface area contributed by atoms with E-state index in [2.05, 4.69) is 41.7 Å². The number of halogens is 1. The average molecular weight is 694 g/mol. The molecule has 0 aliphatic carbocycles. The Bertz CT molecular complexity index is 1810. The number of hydrogen-bond donors (Lipinski definition) is 1. The number of hydrogen-bond acceptors (Lipinski definition) is 10. The minimum atomic E-state index is -3.09. The normalized spacial score (nSPS) is 21.9. The number of ether oxygens (including phenoxy) is 1. The first-order valence-corrected chi connectivity index (χ1v) is 19.3. The Morgan fingerprint density at radius 1 is 1.08 bits per heavy atom. The van der Waals surface area contributed by atoms with Crippen LogP contribution in [0, 0.1) is 5.92 Å². The van der Waals surface area contributed by atoms with Gasteiger partial charge in [0, 0.05) is 61.8 Å². The quantitative estimate of drug-likeness (QED) is 0.256. The van der Waals surface area contributed by atoms with Crippen LogP contribution in [0.4, 0.5) is 27.7 Å². The van der Waals surface area contributed by atoms with Crippen LogP contribution in [0.5, 0.6) is 0 Å². The minimum Gasteiger partial charge on any atom is -0.372 e. The number of carbonyl (C=O) groups excluding carboxylic acids is 1. The number of alkyl halides is 1. The summed E-state index contributed by atoms with van der Waals surface area (Å²) in [5.74, 6) is 1.86. The maximum atomic E-state index is 15.0. The van der Waals surface area contributed by atoms with E-state index in [1.807, 2.05) is 35.9 Å². The molecule has 1 amide bonds. The third kappa shape index (κ3) is 7.67. The molecule has 0 bridgehead atoms. The molecule has 1 N–H and O–H groups in total. The molecule has 264 valence electrons. The molecule has 0 radical (unpaired) electrons. The van der Waals surface area contributed by atoms with E-state index in [4.69, 9.17) is 14.7 Å². The van der Waals surface area contributed by atoms with Gasteiger partial charge >= 0.3 is 0 Å². The van der Waals surface area contributed by atoms with Crippen LogP contribution < -0.4 is 15.1 Å². The highest BCUT2D eigenvalue weighted by atomic mass is 32.2. The van der Waals surface area contributed by atoms with Crippen molar-refractivity contribution in [3.8, 4) is 0 Å². The molecule has 49 heavy (non-hydrogen) atoms. The minimum absolute atomic E-state index is 0.0363. The Hall–Kier alpha value is -3.84. The number of aromatic nitrogens is 3. The van der Waals surface area contributed by atoms with E-state index >= 15 is 0 Å². The molecule has 2 aromatic heterocycles. The number of nitrogens with zero attached hydrogens (tertiary/aromatic N) is 6. The molecule has 11 nitrogen and oxygen atoms in total. The molecule has 6 rings (SSSR count). The highest BCUT2D eigenvalue weighted by Crippen LogP contribution is 2.45. The van der Waals surface area contributed by atoms with Gasteiger partial charge < -0.3 is 24.8 Å². The van der Waals surface area contributed by atoms with Gasteiger partial charge in [-0.15, -0.1) is 0 Å². The number of piperidine rings is 1. The fraction of sp³-hybridized carbons (Fsp3) is 0.556. The number of rotatable bonds is 11. The topological polar surface area (TPSA) is 121 Å². The number of nitrogens with one attached hydrogen (secondary N) is 1. The second-order valence-corrected chi connectivity index (χ2v) is 16.5. The van der Waals surface area contributed by atoms with Crippen LogP contribution in [0.1, 0.15) is 70.0 Å². The lowest BCUT2D eigenvalue weighted by Crippen LogP contribution is -2.49. The Labute approximate surface area is 288 Å². The molecule has 5 heterocycles. The molecule has 3 fully saturated rings. The van der Waals surface area contributed by atoms with Crippen LogP contribution in [-0.4, -0.2) is 97.3 Å². The molecule has 3 aromatic rings. The SMILES string of the molecule is C=CC(=O)N1CCC[C@@H]1c1cc(N2CC(CS(C)(=O)=O)C2)c2cnc(Nc3ccnc(N4CC[C@@H](OC(C)C)[C@@H](F)C4)n3)cc2c1C(C)C. The molecule has 0 spiro atoms. The van der Waals surface area contributed by atoms with Gasteiger partial charge in [0.2, 0.25) is 11.9 Å². The van der Waals surface area contributed by atoms with Gasteiger partial charge in [-0.3, -0.25) is 4.79 Å². The molecule has 3 saturated heterocycles. The van der Waals surface area contributed by atoms with Crippen molar-refractivity contribution >= 4 is 49.8 Å². The monoisotopic (exact) mass is 693 g/mol. The van der Waals surface area contributed by atoms with E-state index < -0.39 is 22.1 Å². The second-order valence-electron chi connectivity index (χ2n) is 14.3. The summed E-state index contributed by atoms with van der Waals surface area (Å²) >= 11 is 0. The molecule has 13 heteroatoms. The van der Waals surface area contributed by atoms with Gasteiger partial charge in [0.05, 0.1) is 30.5 Å². The number of fused-ring (bicyclic) bond motifs is 1. The maximum Gasteiger partial charge on any atom is 0.246 e. The molecule has 1 aromatic carbocycles. The Kier molecular flexibility index (Phi) is 10.1. The number of likely N-dealkylation sites (tertiary alicyclic amines) is 1. The number of amides is 1. The maximum absolute atomic E-state index is 15.0. The van der Waals surface area contributed by atoms with E-state index in [0.29, 0.717) is 50.2 Å². The predicted octanol–water partition coefficient (Wildman–Crippen LogP) is 5.56. The first-order valence-electron chi connectivity index (χ1n) is 17.3. The van der Waals surface area contributed by atoms with Crippen molar-refractivity contribution < 1.29 is 22.3 Å². The molecule has 3 aliphatic heterocycles. The summed E-state index contributed by atoms with van der Waals surface area (Å²) in [5, 5.41) is 5.35. The summed E-state index contributed by atoms with van der Waals surface area (Å²) in [6, 6.07) is 5.91. The van der Waals surface area contributed by atoms with Crippen molar-refractivity contribution in [3.63, 3.8) is 0 Å². The Balaban J connectivity index is 1.35. The average Bonchev–Trinajstić information content (AvgIpc) is 3.52. The van der Waals surface area contributed by atoms with Crippen LogP contribution in [0.25, 0.3) is 10.8 Å². The van der Waals surface area contributed by atoms with Gasteiger partial charge in [-0.1, -0.05) is 20.4 Å². The molecule has 3 atom stereocenters. The number of carbonyl (C=O) groups is 1. The number of anilines is 4. The van der Waals surface area contributed by atoms with Crippen molar-refractivity contribution in [1.29, 1.82) is 0 Å². The Morgan fingerprint density at radius 2 is 1.86 bits per heavy atom. The first kappa shape index (κ1) is 35.0. The number of sulfone groups is 1. The molecule has 3 aliphatic rings. The zero-order valence-corrected chi connectivity index (χ0v) is 29.9. The zero-order chi connectivity index (χ0) is 35.0. The predicted molar refractivity (Wildman–Crippen MR) is 192 cm³/mol. The van der Waals surface area contributed by atoms with Crippen LogP contribution >= 0.6 is 0 Å². The molecular formula is C36H48FN7O4S. The lowest BCUT2D eigenvalue weighted by Gasteiger charge is -2.42. The summed E-state index contributed by atoms with van der Waals surface area (Å²) < 4.78 is 44.8. The molecule has 0 saturated carbocycles. The summed E-state index contributed by atoms with van der Waals surface area (Å²) in [4.78, 5) is 32.9. The Morgan fingerprint density at radius 3 is 2.53 bits per heavy atom. The van der Waals surface area contributed by atoms with Gasteiger partial charge in [0.1, 0.15) is 27.6 Å². The lowest BCUT2D eigenvalue weighted by atomic mass is 9.85.